The van der Waals surface area contributed by atoms with Crippen molar-refractivity contribution in [3.05, 3.63) is 35.4 Å². The Morgan fingerprint density at radius 2 is 1.69 bits per heavy atom. The number of benzene rings is 1. The molecule has 0 aromatic heterocycles. The van der Waals surface area contributed by atoms with Crippen LogP contribution in [0, 0.1) is 12.8 Å². The van der Waals surface area contributed by atoms with Gasteiger partial charge in [0.2, 0.25) is 0 Å². The van der Waals surface area contributed by atoms with Crippen LogP contribution < -0.4 is 0 Å². The smallest absolute Gasteiger partial charge is 0.310 e. The van der Waals surface area contributed by atoms with Crippen LogP contribution in [0.2, 0.25) is 0 Å². The number of methoxy groups -OCH3 is 1. The summed E-state index contributed by atoms with van der Waals surface area (Å²) < 4.78 is 4.82. The number of ether oxygens (including phenoxy) is 1. The summed E-state index contributed by atoms with van der Waals surface area (Å²) in [6.45, 7) is 12.2. The van der Waals surface area contributed by atoms with Crippen LogP contribution in [0.5, 0.6) is 0 Å². The van der Waals surface area contributed by atoms with Gasteiger partial charge in [0.1, 0.15) is 0 Å². The fourth-order valence-corrected chi connectivity index (χ4v) is 3.04. The Hall–Kier alpha value is -1.88. The number of aryl methyl sites for hydroxylation is 1. The first-order valence-electron chi connectivity index (χ1n) is 9.59. The van der Waals surface area contributed by atoms with Crippen molar-refractivity contribution in [2.24, 2.45) is 5.92 Å². The molecule has 0 heterocycles. The molecule has 0 saturated heterocycles. The number of carbonyl (C=O) groups excluding carboxylic acids is 2. The number of carbonyl (C=O) groups is 2. The molecule has 0 aliphatic rings. The van der Waals surface area contributed by atoms with E-state index in [1.165, 1.54) is 7.11 Å². The lowest BCUT2D eigenvalue weighted by molar-refractivity contribution is -0.145. The Balaban J connectivity index is 2.77. The third-order valence-electron chi connectivity index (χ3n) is 4.81. The summed E-state index contributed by atoms with van der Waals surface area (Å²) in [6, 6.07) is 7.60. The number of esters is 1. The van der Waals surface area contributed by atoms with Gasteiger partial charge in [-0.05, 0) is 51.0 Å². The molecule has 5 heteroatoms. The number of unbranched alkanes of at least 4 members (excludes halogenated alkanes) is 1. The summed E-state index contributed by atoms with van der Waals surface area (Å²) in [5.74, 6) is -0.631. The average molecular weight is 363 g/mol. The van der Waals surface area contributed by atoms with Crippen LogP contribution in [-0.2, 0) is 9.53 Å². The summed E-state index contributed by atoms with van der Waals surface area (Å²) in [5, 5.41) is 0. The highest BCUT2D eigenvalue weighted by atomic mass is 16.5. The maximum atomic E-state index is 13.0. The Bertz CT molecular complexity index is 570. The molecule has 1 aromatic carbocycles. The van der Waals surface area contributed by atoms with Crippen molar-refractivity contribution in [3.8, 4) is 0 Å². The third-order valence-corrected chi connectivity index (χ3v) is 4.81. The first-order valence-corrected chi connectivity index (χ1v) is 9.59. The van der Waals surface area contributed by atoms with E-state index in [2.05, 4.69) is 18.7 Å². The summed E-state index contributed by atoms with van der Waals surface area (Å²) >= 11 is 0. The molecule has 1 amide bonds. The minimum Gasteiger partial charge on any atom is -0.469 e. The molecular formula is C21H34N2O3. The molecule has 1 aromatic rings. The average Bonchev–Trinajstić information content (AvgIpc) is 2.66. The largest absolute Gasteiger partial charge is 0.469 e. The van der Waals surface area contributed by atoms with Crippen molar-refractivity contribution in [3.63, 3.8) is 0 Å². The SMILES string of the molecule is CCN(CC)CCCCN(CC(C)C(=O)OC)C(=O)c1ccccc1C. The molecule has 0 aliphatic carbocycles. The quantitative estimate of drug-likeness (QED) is 0.447. The van der Waals surface area contributed by atoms with Crippen molar-refractivity contribution < 1.29 is 14.3 Å². The fourth-order valence-electron chi connectivity index (χ4n) is 3.04. The Kier molecular flexibility index (Phi) is 9.96. The van der Waals surface area contributed by atoms with Crippen molar-refractivity contribution in [2.75, 3.05) is 39.8 Å². The molecule has 0 N–H and O–H groups in total. The van der Waals surface area contributed by atoms with Crippen LogP contribution in [0.1, 0.15) is 49.5 Å². The minimum atomic E-state index is -0.337. The molecule has 1 unspecified atom stereocenters. The van der Waals surface area contributed by atoms with Gasteiger partial charge in [0.05, 0.1) is 13.0 Å². The molecule has 0 spiro atoms. The molecule has 146 valence electrons. The number of hydrogen-bond acceptors (Lipinski definition) is 4. The predicted molar refractivity (Wildman–Crippen MR) is 105 cm³/mol. The molecule has 0 radical (unpaired) electrons. The highest BCUT2D eigenvalue weighted by Gasteiger charge is 2.23. The van der Waals surface area contributed by atoms with E-state index >= 15 is 0 Å². The normalized spacial score (nSPS) is 12.1. The zero-order valence-electron chi connectivity index (χ0n) is 17.0. The zero-order chi connectivity index (χ0) is 19.5. The molecule has 0 saturated carbocycles. The Morgan fingerprint density at radius 3 is 2.27 bits per heavy atom. The van der Waals surface area contributed by atoms with Crippen molar-refractivity contribution in [2.45, 2.75) is 40.5 Å². The standard InChI is InChI=1S/C21H34N2O3/c1-6-22(7-2)14-10-11-15-23(16-18(4)21(25)26-5)20(24)19-13-9-8-12-17(19)3/h8-9,12-13,18H,6-7,10-11,14-16H2,1-5H3. The van der Waals surface area contributed by atoms with E-state index in [4.69, 9.17) is 4.74 Å². The van der Waals surface area contributed by atoms with E-state index in [9.17, 15) is 9.59 Å². The van der Waals surface area contributed by atoms with Crippen LogP contribution >= 0.6 is 0 Å². The van der Waals surface area contributed by atoms with Gasteiger partial charge in [-0.2, -0.15) is 0 Å². The van der Waals surface area contributed by atoms with E-state index < -0.39 is 0 Å². The summed E-state index contributed by atoms with van der Waals surface area (Å²) in [7, 11) is 1.39. The number of nitrogens with zero attached hydrogens (tertiary/aromatic N) is 2. The number of rotatable bonds is 11. The second-order valence-electron chi connectivity index (χ2n) is 6.72. The minimum absolute atomic E-state index is 0.0123. The highest BCUT2D eigenvalue weighted by molar-refractivity contribution is 5.95. The lowest BCUT2D eigenvalue weighted by Gasteiger charge is -2.26. The van der Waals surface area contributed by atoms with Gasteiger partial charge in [-0.1, -0.05) is 39.0 Å². The van der Waals surface area contributed by atoms with E-state index in [-0.39, 0.29) is 17.8 Å². The maximum absolute atomic E-state index is 13.0. The van der Waals surface area contributed by atoms with Gasteiger partial charge in [-0.3, -0.25) is 9.59 Å². The third kappa shape index (κ3) is 6.79. The summed E-state index contributed by atoms with van der Waals surface area (Å²) in [6.07, 6.45) is 1.95. The van der Waals surface area contributed by atoms with Gasteiger partial charge in [0.25, 0.3) is 5.91 Å². The first-order chi connectivity index (χ1) is 12.4. The van der Waals surface area contributed by atoms with Crippen molar-refractivity contribution in [1.29, 1.82) is 0 Å². The highest BCUT2D eigenvalue weighted by Crippen LogP contribution is 2.14. The lowest BCUT2D eigenvalue weighted by atomic mass is 10.1. The van der Waals surface area contributed by atoms with Gasteiger partial charge in [0, 0.05) is 18.7 Å². The topological polar surface area (TPSA) is 49.9 Å². The van der Waals surface area contributed by atoms with E-state index in [1.807, 2.05) is 31.2 Å². The molecule has 26 heavy (non-hydrogen) atoms. The molecule has 5 nitrogen and oxygen atoms in total. The van der Waals surface area contributed by atoms with Crippen LogP contribution in [0.4, 0.5) is 0 Å². The van der Waals surface area contributed by atoms with Crippen molar-refractivity contribution in [1.82, 2.24) is 9.80 Å². The summed E-state index contributed by atoms with van der Waals surface area (Å²) in [4.78, 5) is 29.0. The van der Waals surface area contributed by atoms with Crippen LogP contribution in [0.3, 0.4) is 0 Å². The maximum Gasteiger partial charge on any atom is 0.310 e. The molecule has 0 fully saturated rings. The van der Waals surface area contributed by atoms with Crippen molar-refractivity contribution >= 4 is 11.9 Å². The van der Waals surface area contributed by atoms with E-state index in [0.29, 0.717) is 18.7 Å². The molecule has 1 rings (SSSR count). The lowest BCUT2D eigenvalue weighted by Crippen LogP contribution is -2.38. The molecule has 1 atom stereocenters. The monoisotopic (exact) mass is 362 g/mol. The summed E-state index contributed by atoms with van der Waals surface area (Å²) in [5.41, 5.74) is 1.66. The van der Waals surface area contributed by atoms with E-state index in [1.54, 1.807) is 11.8 Å². The van der Waals surface area contributed by atoms with Crippen LogP contribution in [-0.4, -0.2) is 61.5 Å². The zero-order valence-corrected chi connectivity index (χ0v) is 17.0. The molecule has 0 aliphatic heterocycles. The molecular weight excluding hydrogens is 328 g/mol. The number of hydrogen-bond donors (Lipinski definition) is 0. The second-order valence-corrected chi connectivity index (χ2v) is 6.72. The predicted octanol–water partition coefficient (Wildman–Crippen LogP) is 3.37. The van der Waals surface area contributed by atoms with Gasteiger partial charge in [-0.25, -0.2) is 0 Å². The number of amides is 1. The van der Waals surface area contributed by atoms with Crippen LogP contribution in [0.25, 0.3) is 0 Å². The second kappa shape index (κ2) is 11.7. The van der Waals surface area contributed by atoms with Gasteiger partial charge in [0.15, 0.2) is 0 Å². The fraction of sp³-hybridized carbons (Fsp3) is 0.619. The van der Waals surface area contributed by atoms with E-state index in [0.717, 1.165) is 38.0 Å². The van der Waals surface area contributed by atoms with Gasteiger partial charge >= 0.3 is 5.97 Å². The Labute approximate surface area is 158 Å². The van der Waals surface area contributed by atoms with Gasteiger partial charge < -0.3 is 14.5 Å². The van der Waals surface area contributed by atoms with Crippen LogP contribution in [0.15, 0.2) is 24.3 Å². The first kappa shape index (κ1) is 22.2. The molecule has 0 bridgehead atoms. The Morgan fingerprint density at radius 1 is 1.08 bits per heavy atom. The van der Waals surface area contributed by atoms with Gasteiger partial charge in [-0.15, -0.1) is 0 Å².